The van der Waals surface area contributed by atoms with E-state index in [1.54, 1.807) is 12.1 Å². The molecule has 0 aliphatic rings. The maximum atomic E-state index is 12.7. The quantitative estimate of drug-likeness (QED) is 0.0906. The molecule has 222 valence electrons. The number of phenols is 1. The molecule has 0 aromatic heterocycles. The van der Waals surface area contributed by atoms with Gasteiger partial charge in [0.05, 0.1) is 25.7 Å². The fourth-order valence-electron chi connectivity index (χ4n) is 3.37. The van der Waals surface area contributed by atoms with Gasteiger partial charge < -0.3 is 48.3 Å². The van der Waals surface area contributed by atoms with E-state index >= 15 is 0 Å². The van der Waals surface area contributed by atoms with Crippen LogP contribution in [-0.4, -0.2) is 90.0 Å². The molecule has 1 aromatic carbocycles. The van der Waals surface area contributed by atoms with Crippen molar-refractivity contribution in [2.45, 2.75) is 51.2 Å². The second-order valence-electron chi connectivity index (χ2n) is 9.47. The van der Waals surface area contributed by atoms with E-state index < -0.39 is 73.3 Å². The molecule has 0 saturated carbocycles. The Balaban J connectivity index is 2.54. The van der Waals surface area contributed by atoms with Gasteiger partial charge >= 0.3 is 0 Å². The largest absolute Gasteiger partial charge is 0.508 e. The number of carbonyl (C=O) groups is 6. The average Bonchev–Trinajstić information content (AvgIpc) is 2.89. The highest BCUT2D eigenvalue weighted by atomic mass is 16.3. The van der Waals surface area contributed by atoms with Crippen LogP contribution in [0.3, 0.4) is 0 Å². The Labute approximate surface area is 231 Å². The predicted molar refractivity (Wildman–Crippen MR) is 143 cm³/mol. The van der Waals surface area contributed by atoms with E-state index in [9.17, 15) is 39.0 Å². The lowest BCUT2D eigenvalue weighted by atomic mass is 10.0. The standard InChI is InChI=1S/C25H39N7O8/c1-14(2)9-18(25(40)32-19(13-33)24(39)28-8-7-20(27)35)31-22(37)12-29-21(36)11-30-23(38)17(26)10-15-3-5-16(34)6-4-15/h3-6,14,17-19,33-34H,7-13,26H2,1-2H3,(H2,27,35)(H,28,39)(H,29,36)(H,30,38)(H,31,37)(H,32,40)/t17-,18-,19-/m0/s1. The van der Waals surface area contributed by atoms with Crippen molar-refractivity contribution >= 4 is 35.4 Å². The van der Waals surface area contributed by atoms with Gasteiger partial charge in [0.1, 0.15) is 17.8 Å². The van der Waals surface area contributed by atoms with Crippen LogP contribution in [0.2, 0.25) is 0 Å². The molecule has 0 spiro atoms. The molecule has 1 aromatic rings. The molecule has 0 heterocycles. The van der Waals surface area contributed by atoms with Crippen molar-refractivity contribution in [1.82, 2.24) is 26.6 Å². The summed E-state index contributed by atoms with van der Waals surface area (Å²) in [5.74, 6) is -4.00. The molecule has 1 rings (SSSR count). The number of aromatic hydroxyl groups is 1. The van der Waals surface area contributed by atoms with Crippen LogP contribution in [0.15, 0.2) is 24.3 Å². The van der Waals surface area contributed by atoms with Crippen molar-refractivity contribution < 1.29 is 39.0 Å². The SMILES string of the molecule is CC(C)C[C@H](NC(=O)CNC(=O)CNC(=O)[C@@H](N)Cc1ccc(O)cc1)C(=O)N[C@@H](CO)C(=O)NCCC(N)=O. The zero-order chi connectivity index (χ0) is 30.2. The molecule has 15 heteroatoms. The van der Waals surface area contributed by atoms with Crippen LogP contribution in [0.1, 0.15) is 32.3 Å². The van der Waals surface area contributed by atoms with E-state index in [2.05, 4.69) is 26.6 Å². The van der Waals surface area contributed by atoms with Gasteiger partial charge in [0.25, 0.3) is 0 Å². The van der Waals surface area contributed by atoms with E-state index in [0.717, 1.165) is 5.56 Å². The molecule has 0 unspecified atom stereocenters. The summed E-state index contributed by atoms with van der Waals surface area (Å²) in [6, 6.07) is 2.82. The molecule has 0 fully saturated rings. The molecular formula is C25H39N7O8. The Morgan fingerprint density at radius 1 is 0.825 bits per heavy atom. The van der Waals surface area contributed by atoms with Crippen molar-refractivity contribution in [3.8, 4) is 5.75 Å². The van der Waals surface area contributed by atoms with Crippen molar-refractivity contribution in [2.75, 3.05) is 26.2 Å². The maximum absolute atomic E-state index is 12.7. The summed E-state index contributed by atoms with van der Waals surface area (Å²) in [4.78, 5) is 72.4. The summed E-state index contributed by atoms with van der Waals surface area (Å²) >= 11 is 0. The third-order valence-electron chi connectivity index (χ3n) is 5.44. The van der Waals surface area contributed by atoms with Crippen LogP contribution < -0.4 is 38.1 Å². The molecule has 11 N–H and O–H groups in total. The lowest BCUT2D eigenvalue weighted by Crippen LogP contribution is -2.56. The predicted octanol–water partition coefficient (Wildman–Crippen LogP) is -3.51. The van der Waals surface area contributed by atoms with Crippen LogP contribution in [0.25, 0.3) is 0 Å². The number of benzene rings is 1. The van der Waals surface area contributed by atoms with E-state index in [0.29, 0.717) is 0 Å². The lowest BCUT2D eigenvalue weighted by molar-refractivity contribution is -0.133. The van der Waals surface area contributed by atoms with E-state index in [-0.39, 0.29) is 37.5 Å². The van der Waals surface area contributed by atoms with Crippen molar-refractivity contribution in [1.29, 1.82) is 0 Å². The van der Waals surface area contributed by atoms with E-state index in [1.807, 2.05) is 13.8 Å². The van der Waals surface area contributed by atoms with Crippen LogP contribution in [-0.2, 0) is 35.2 Å². The van der Waals surface area contributed by atoms with Gasteiger partial charge in [0, 0.05) is 13.0 Å². The minimum Gasteiger partial charge on any atom is -0.508 e. The molecule has 3 atom stereocenters. The monoisotopic (exact) mass is 565 g/mol. The van der Waals surface area contributed by atoms with Gasteiger partial charge in [0.2, 0.25) is 35.4 Å². The number of hydrogen-bond acceptors (Lipinski definition) is 9. The highest BCUT2D eigenvalue weighted by Crippen LogP contribution is 2.11. The van der Waals surface area contributed by atoms with E-state index in [4.69, 9.17) is 11.5 Å². The number of nitrogens with two attached hydrogens (primary N) is 2. The number of hydrogen-bond donors (Lipinski definition) is 9. The number of rotatable bonds is 17. The smallest absolute Gasteiger partial charge is 0.244 e. The molecular weight excluding hydrogens is 526 g/mol. The number of phenolic OH excluding ortho intramolecular Hbond substituents is 1. The topological polar surface area (TPSA) is 255 Å². The second kappa shape index (κ2) is 17.4. The maximum Gasteiger partial charge on any atom is 0.244 e. The molecule has 6 amide bonds. The Kier molecular flexibility index (Phi) is 14.7. The number of primary amides is 1. The summed E-state index contributed by atoms with van der Waals surface area (Å²) in [6.07, 6.45) is 0.259. The summed E-state index contributed by atoms with van der Waals surface area (Å²) in [5.41, 5.74) is 11.6. The van der Waals surface area contributed by atoms with Gasteiger partial charge in [-0.05, 0) is 36.5 Å². The molecule has 0 bridgehead atoms. The summed E-state index contributed by atoms with van der Waals surface area (Å²) in [7, 11) is 0. The number of amides is 6. The first kappa shape index (κ1) is 33.8. The third kappa shape index (κ3) is 13.5. The van der Waals surface area contributed by atoms with Crippen molar-refractivity contribution in [3.05, 3.63) is 29.8 Å². The normalized spacial score (nSPS) is 12.9. The number of nitrogens with one attached hydrogen (secondary N) is 5. The Morgan fingerprint density at radius 3 is 2.02 bits per heavy atom. The number of aliphatic hydroxyl groups is 1. The zero-order valence-corrected chi connectivity index (χ0v) is 22.6. The lowest BCUT2D eigenvalue weighted by Gasteiger charge is -2.23. The molecule has 40 heavy (non-hydrogen) atoms. The van der Waals surface area contributed by atoms with Crippen molar-refractivity contribution in [2.24, 2.45) is 17.4 Å². The molecule has 0 aliphatic carbocycles. The minimum absolute atomic E-state index is 0.0383. The van der Waals surface area contributed by atoms with Crippen LogP contribution in [0.5, 0.6) is 5.75 Å². The Morgan fingerprint density at radius 2 is 1.45 bits per heavy atom. The second-order valence-corrected chi connectivity index (χ2v) is 9.47. The minimum atomic E-state index is -1.32. The Hall–Kier alpha value is -4.24. The fourth-order valence-corrected chi connectivity index (χ4v) is 3.37. The molecule has 0 saturated heterocycles. The van der Waals surface area contributed by atoms with Crippen LogP contribution in [0, 0.1) is 5.92 Å². The van der Waals surface area contributed by atoms with Gasteiger partial charge in [-0.25, -0.2) is 0 Å². The molecule has 0 radical (unpaired) electrons. The summed E-state index contributed by atoms with van der Waals surface area (Å²) in [5, 5.41) is 30.7. The van der Waals surface area contributed by atoms with Crippen molar-refractivity contribution in [3.63, 3.8) is 0 Å². The highest BCUT2D eigenvalue weighted by molar-refractivity contribution is 5.94. The van der Waals surface area contributed by atoms with Gasteiger partial charge in [-0.1, -0.05) is 26.0 Å². The number of aliphatic hydroxyl groups excluding tert-OH is 1. The number of carbonyl (C=O) groups excluding carboxylic acids is 6. The first-order valence-electron chi connectivity index (χ1n) is 12.7. The van der Waals surface area contributed by atoms with Gasteiger partial charge in [-0.2, -0.15) is 0 Å². The summed E-state index contributed by atoms with van der Waals surface area (Å²) < 4.78 is 0. The molecule has 0 aliphatic heterocycles. The van der Waals surface area contributed by atoms with Gasteiger partial charge in [-0.3, -0.25) is 28.8 Å². The zero-order valence-electron chi connectivity index (χ0n) is 22.6. The van der Waals surface area contributed by atoms with Crippen LogP contribution >= 0.6 is 0 Å². The van der Waals surface area contributed by atoms with Gasteiger partial charge in [-0.15, -0.1) is 0 Å². The third-order valence-corrected chi connectivity index (χ3v) is 5.44. The summed E-state index contributed by atoms with van der Waals surface area (Å²) in [6.45, 7) is 1.89. The molecule has 15 nitrogen and oxygen atoms in total. The fraction of sp³-hybridized carbons (Fsp3) is 0.520. The highest BCUT2D eigenvalue weighted by Gasteiger charge is 2.27. The average molecular weight is 566 g/mol. The van der Waals surface area contributed by atoms with Crippen LogP contribution in [0.4, 0.5) is 0 Å². The Bertz CT molecular complexity index is 1030. The van der Waals surface area contributed by atoms with E-state index in [1.165, 1.54) is 12.1 Å². The van der Waals surface area contributed by atoms with Gasteiger partial charge in [0.15, 0.2) is 0 Å². The first-order chi connectivity index (χ1) is 18.8. The first-order valence-corrected chi connectivity index (χ1v) is 12.7.